The molecule has 0 fully saturated rings. The van der Waals surface area contributed by atoms with Crippen LogP contribution < -0.4 is 0 Å². The average Bonchev–Trinajstić information content (AvgIpc) is 1.77. The molecule has 0 unspecified atom stereocenters. The number of nitrogens with zero attached hydrogens (tertiary/aromatic N) is 3. The largest absolute Gasteiger partial charge is 0.209 e. The second kappa shape index (κ2) is 2.14. The molecule has 1 aromatic rings. The van der Waals surface area contributed by atoms with E-state index in [1.165, 1.54) is 0 Å². The molecule has 0 bridgehead atoms. The first-order valence-electron chi connectivity index (χ1n) is 2.29. The van der Waals surface area contributed by atoms with Crippen LogP contribution in [0.4, 0.5) is 0 Å². The van der Waals surface area contributed by atoms with Gasteiger partial charge in [-0.1, -0.05) is 0 Å². The molecule has 4 heteroatoms. The maximum absolute atomic E-state index is 4.00. The molecular formula is C4H6N3P. The second-order valence-electron chi connectivity index (χ2n) is 1.49. The van der Waals surface area contributed by atoms with E-state index >= 15 is 0 Å². The summed E-state index contributed by atoms with van der Waals surface area (Å²) >= 11 is 0. The lowest BCUT2D eigenvalue weighted by Gasteiger charge is -1.85. The average molecular weight is 127 g/mol. The quantitative estimate of drug-likeness (QED) is 0.523. The van der Waals surface area contributed by atoms with Crippen molar-refractivity contribution in [3.8, 4) is 0 Å². The molecule has 0 saturated heterocycles. The maximum atomic E-state index is 4.00. The first-order chi connectivity index (χ1) is 3.79. The van der Waals surface area contributed by atoms with E-state index in [1.807, 2.05) is 13.8 Å². The van der Waals surface area contributed by atoms with Gasteiger partial charge in [-0.25, -0.2) is 4.75 Å². The molecule has 0 aliphatic carbocycles. The minimum atomic E-state index is 0.761. The second-order valence-corrected chi connectivity index (χ2v) is 2.54. The van der Waals surface area contributed by atoms with Gasteiger partial charge in [0.25, 0.3) is 0 Å². The minimum absolute atomic E-state index is 0.761. The molecule has 0 aliphatic heterocycles. The SMILES string of the molecule is Cc1nnc(C)pn1. The minimum Gasteiger partial charge on any atom is -0.209 e. The highest BCUT2D eigenvalue weighted by Crippen LogP contribution is 2.01. The zero-order valence-electron chi connectivity index (χ0n) is 4.79. The summed E-state index contributed by atoms with van der Waals surface area (Å²) < 4.78 is 4.00. The van der Waals surface area contributed by atoms with E-state index in [-0.39, 0.29) is 0 Å². The van der Waals surface area contributed by atoms with Gasteiger partial charge < -0.3 is 0 Å². The van der Waals surface area contributed by atoms with Crippen molar-refractivity contribution in [2.75, 3.05) is 0 Å². The summed E-state index contributed by atoms with van der Waals surface area (Å²) in [4.78, 5) is 0. The molecule has 1 aromatic heterocycles. The van der Waals surface area contributed by atoms with Crippen molar-refractivity contribution in [2.45, 2.75) is 13.8 Å². The van der Waals surface area contributed by atoms with Crippen LogP contribution in [0.15, 0.2) is 0 Å². The molecule has 8 heavy (non-hydrogen) atoms. The molecule has 0 saturated carbocycles. The van der Waals surface area contributed by atoms with Gasteiger partial charge in [-0.15, -0.1) is 10.2 Å². The van der Waals surface area contributed by atoms with E-state index in [2.05, 4.69) is 14.9 Å². The Bertz CT molecular complexity index is 150. The summed E-state index contributed by atoms with van der Waals surface area (Å²) in [5.41, 5.74) is 0.954. The summed E-state index contributed by atoms with van der Waals surface area (Å²) in [5, 5.41) is 7.55. The van der Waals surface area contributed by atoms with Gasteiger partial charge in [0.1, 0.15) is 5.43 Å². The molecule has 0 N–H and O–H groups in total. The lowest BCUT2D eigenvalue weighted by atomic mass is 10.8. The first-order valence-corrected chi connectivity index (χ1v) is 3.14. The van der Waals surface area contributed by atoms with Crippen LogP contribution in [0.3, 0.4) is 0 Å². The fourth-order valence-corrected chi connectivity index (χ4v) is 0.744. The van der Waals surface area contributed by atoms with Gasteiger partial charge in [-0.3, -0.25) is 0 Å². The Kier molecular flexibility index (Phi) is 1.49. The van der Waals surface area contributed by atoms with Crippen LogP contribution in [-0.2, 0) is 0 Å². The van der Waals surface area contributed by atoms with Crippen molar-refractivity contribution in [3.05, 3.63) is 11.3 Å². The third-order valence-electron chi connectivity index (χ3n) is 0.679. The van der Waals surface area contributed by atoms with E-state index in [0.29, 0.717) is 0 Å². The number of rotatable bonds is 0. The maximum Gasteiger partial charge on any atom is 0.152 e. The zero-order chi connectivity index (χ0) is 5.98. The Morgan fingerprint density at radius 1 is 1.25 bits per heavy atom. The van der Waals surface area contributed by atoms with Gasteiger partial charge in [0.05, 0.1) is 8.35 Å². The Morgan fingerprint density at radius 2 is 2.00 bits per heavy atom. The van der Waals surface area contributed by atoms with Crippen LogP contribution in [0, 0.1) is 13.8 Å². The zero-order valence-corrected chi connectivity index (χ0v) is 5.68. The molecule has 0 aromatic carbocycles. The van der Waals surface area contributed by atoms with Gasteiger partial charge in [0, 0.05) is 0 Å². The van der Waals surface area contributed by atoms with Crippen LogP contribution in [0.25, 0.3) is 0 Å². The highest BCUT2D eigenvalue weighted by molar-refractivity contribution is 7.25. The normalized spacial score (nSPS) is 10.2. The summed E-state index contributed by atoms with van der Waals surface area (Å²) in [6, 6.07) is 0. The number of aromatic nitrogens is 3. The monoisotopic (exact) mass is 127 g/mol. The molecule has 1 rings (SSSR count). The number of aryl methyl sites for hydroxylation is 2. The van der Waals surface area contributed by atoms with E-state index in [9.17, 15) is 0 Å². The number of hydrogen-bond donors (Lipinski definition) is 0. The summed E-state index contributed by atoms with van der Waals surface area (Å²) in [6.45, 7) is 3.74. The van der Waals surface area contributed by atoms with Crippen molar-refractivity contribution < 1.29 is 0 Å². The van der Waals surface area contributed by atoms with Crippen molar-refractivity contribution >= 4 is 8.35 Å². The Balaban J connectivity index is 3.03. The molecular weight excluding hydrogens is 121 g/mol. The molecule has 0 aliphatic rings. The van der Waals surface area contributed by atoms with Gasteiger partial charge >= 0.3 is 0 Å². The molecule has 0 radical (unpaired) electrons. The predicted octanol–water partition coefficient (Wildman–Crippen LogP) is 1.07. The standard InChI is InChI=1S/C4H6N3P/c1-3-5-6-4(2)8-7-3/h1-2H3. The third-order valence-corrected chi connectivity index (χ3v) is 1.45. The fourth-order valence-electron chi connectivity index (χ4n) is 0.329. The summed E-state index contributed by atoms with van der Waals surface area (Å²) in [6.07, 6.45) is 0. The van der Waals surface area contributed by atoms with Crippen LogP contribution in [0.5, 0.6) is 0 Å². The van der Waals surface area contributed by atoms with Gasteiger partial charge in [0.2, 0.25) is 0 Å². The topological polar surface area (TPSA) is 38.7 Å². The van der Waals surface area contributed by atoms with Gasteiger partial charge in [-0.2, -0.15) is 0 Å². The van der Waals surface area contributed by atoms with Crippen molar-refractivity contribution in [3.63, 3.8) is 0 Å². The Labute approximate surface area is 49.3 Å². The van der Waals surface area contributed by atoms with E-state index in [4.69, 9.17) is 0 Å². The Hall–Kier alpha value is -0.560. The lowest BCUT2D eigenvalue weighted by molar-refractivity contribution is 0.931. The summed E-state index contributed by atoms with van der Waals surface area (Å²) in [5.74, 6) is 0.761. The van der Waals surface area contributed by atoms with E-state index in [1.54, 1.807) is 0 Å². The van der Waals surface area contributed by atoms with Crippen molar-refractivity contribution in [2.24, 2.45) is 0 Å². The molecule has 0 atom stereocenters. The molecule has 0 spiro atoms. The third kappa shape index (κ3) is 1.20. The first kappa shape index (κ1) is 5.57. The van der Waals surface area contributed by atoms with E-state index < -0.39 is 0 Å². The molecule has 0 amide bonds. The highest BCUT2D eigenvalue weighted by Gasteiger charge is 1.85. The van der Waals surface area contributed by atoms with Crippen LogP contribution >= 0.6 is 8.35 Å². The summed E-state index contributed by atoms with van der Waals surface area (Å²) in [7, 11) is 0.935. The number of hydrogen-bond acceptors (Lipinski definition) is 3. The highest BCUT2D eigenvalue weighted by atomic mass is 31.0. The molecule has 42 valence electrons. The van der Waals surface area contributed by atoms with Crippen LogP contribution in [0.1, 0.15) is 11.3 Å². The van der Waals surface area contributed by atoms with E-state index in [0.717, 1.165) is 19.6 Å². The van der Waals surface area contributed by atoms with Gasteiger partial charge in [0.15, 0.2) is 5.82 Å². The lowest BCUT2D eigenvalue weighted by Crippen LogP contribution is -1.86. The van der Waals surface area contributed by atoms with Crippen molar-refractivity contribution in [1.29, 1.82) is 0 Å². The van der Waals surface area contributed by atoms with Crippen LogP contribution in [-0.4, -0.2) is 14.9 Å². The predicted molar refractivity (Wildman–Crippen MR) is 31.8 cm³/mol. The Morgan fingerprint density at radius 3 is 2.38 bits per heavy atom. The molecule has 3 nitrogen and oxygen atoms in total. The van der Waals surface area contributed by atoms with Gasteiger partial charge in [-0.05, 0) is 13.8 Å². The fraction of sp³-hybridized carbons (Fsp3) is 0.500. The van der Waals surface area contributed by atoms with Crippen molar-refractivity contribution in [1.82, 2.24) is 14.9 Å². The molecule has 1 heterocycles. The van der Waals surface area contributed by atoms with Crippen LogP contribution in [0.2, 0.25) is 0 Å². The smallest absolute Gasteiger partial charge is 0.152 e.